The molecule has 4 rings (SSSR count). The highest BCUT2D eigenvalue weighted by molar-refractivity contribution is 5.97. The molecule has 8 heteroatoms. The van der Waals surface area contributed by atoms with Gasteiger partial charge in [0.2, 0.25) is 5.91 Å². The Bertz CT molecular complexity index is 1050. The second kappa shape index (κ2) is 7.75. The highest BCUT2D eigenvalue weighted by Crippen LogP contribution is 2.44. The minimum atomic E-state index is -4.76. The van der Waals surface area contributed by atoms with Gasteiger partial charge in [-0.3, -0.25) is 9.59 Å². The number of amides is 1. The van der Waals surface area contributed by atoms with Gasteiger partial charge in [-0.1, -0.05) is 18.2 Å². The highest BCUT2D eigenvalue weighted by Gasteiger charge is 2.48. The van der Waals surface area contributed by atoms with Crippen molar-refractivity contribution in [1.29, 1.82) is 0 Å². The normalized spacial score (nSPS) is 20.9. The number of likely N-dealkylation sites (tertiary alicyclic amines) is 1. The maximum Gasteiger partial charge on any atom is 0.419 e. The lowest BCUT2D eigenvalue weighted by atomic mass is 9.70. The van der Waals surface area contributed by atoms with Crippen LogP contribution in [0, 0.1) is 11.2 Å². The van der Waals surface area contributed by atoms with E-state index in [9.17, 15) is 27.2 Å². The van der Waals surface area contributed by atoms with Gasteiger partial charge in [-0.05, 0) is 60.6 Å². The number of benzene rings is 2. The molecule has 0 saturated carbocycles. The second-order valence-corrected chi connectivity index (χ2v) is 8.31. The molecule has 1 amide bonds. The van der Waals surface area contributed by atoms with E-state index in [-0.39, 0.29) is 18.2 Å². The van der Waals surface area contributed by atoms with E-state index in [1.54, 1.807) is 17.0 Å². The number of fused-ring (bicyclic) bond motifs is 1. The van der Waals surface area contributed by atoms with Gasteiger partial charge < -0.3 is 10.0 Å². The van der Waals surface area contributed by atoms with Crippen molar-refractivity contribution in [3.63, 3.8) is 0 Å². The minimum Gasteiger partial charge on any atom is -0.388 e. The number of hydrogen-bond acceptors (Lipinski definition) is 3. The lowest BCUT2D eigenvalue weighted by Gasteiger charge is -2.33. The monoisotopic (exact) mass is 435 g/mol. The largest absolute Gasteiger partial charge is 0.419 e. The summed E-state index contributed by atoms with van der Waals surface area (Å²) in [5.74, 6) is -1.83. The van der Waals surface area contributed by atoms with Crippen LogP contribution < -0.4 is 0 Å². The summed E-state index contributed by atoms with van der Waals surface area (Å²) in [5, 5.41) is 9.10. The standard InChI is InChI=1S/C23H21F4NO3/c24-19-9-14(1-4-18(19)23(25,26)27)12-28-8-7-22(21(28)31)6-5-15-2-3-16(20(30)13-29)10-17(15)11-22/h1-4,9-10,29H,5-8,11-13H2/t22-/m1/s1. The van der Waals surface area contributed by atoms with Crippen molar-refractivity contribution >= 4 is 11.7 Å². The van der Waals surface area contributed by atoms with Crippen LogP contribution in [0.15, 0.2) is 36.4 Å². The maximum absolute atomic E-state index is 13.9. The topological polar surface area (TPSA) is 57.6 Å². The van der Waals surface area contributed by atoms with Crippen molar-refractivity contribution in [3.8, 4) is 0 Å². The zero-order valence-electron chi connectivity index (χ0n) is 16.6. The number of nitrogens with zero attached hydrogens (tertiary/aromatic N) is 1. The average molecular weight is 435 g/mol. The van der Waals surface area contributed by atoms with Crippen LogP contribution >= 0.6 is 0 Å². The van der Waals surface area contributed by atoms with E-state index >= 15 is 0 Å². The summed E-state index contributed by atoms with van der Waals surface area (Å²) < 4.78 is 52.2. The van der Waals surface area contributed by atoms with Gasteiger partial charge in [-0.15, -0.1) is 0 Å². The van der Waals surface area contributed by atoms with Crippen LogP contribution in [0.4, 0.5) is 17.6 Å². The molecule has 1 saturated heterocycles. The first-order chi connectivity index (χ1) is 14.6. The molecule has 164 valence electrons. The first-order valence-corrected chi connectivity index (χ1v) is 10.0. The zero-order valence-corrected chi connectivity index (χ0v) is 16.6. The van der Waals surface area contributed by atoms with Gasteiger partial charge in [0.15, 0.2) is 5.78 Å². The molecule has 1 spiro atoms. The highest BCUT2D eigenvalue weighted by atomic mass is 19.4. The Kier molecular flexibility index (Phi) is 5.37. The third-order valence-electron chi connectivity index (χ3n) is 6.39. The van der Waals surface area contributed by atoms with Crippen molar-refractivity contribution in [3.05, 3.63) is 70.0 Å². The quantitative estimate of drug-likeness (QED) is 0.585. The van der Waals surface area contributed by atoms with Gasteiger partial charge in [0.05, 0.1) is 11.0 Å². The average Bonchev–Trinajstić information content (AvgIpc) is 3.01. The maximum atomic E-state index is 13.9. The van der Waals surface area contributed by atoms with Crippen LogP contribution in [0.5, 0.6) is 0 Å². The van der Waals surface area contributed by atoms with Crippen molar-refractivity contribution in [2.75, 3.05) is 13.2 Å². The first-order valence-electron chi connectivity index (χ1n) is 10.0. The molecule has 1 heterocycles. The first kappa shape index (κ1) is 21.5. The number of halogens is 4. The minimum absolute atomic E-state index is 0.0472. The molecule has 1 N–H and O–H groups in total. The Hall–Kier alpha value is -2.74. The number of aliphatic hydroxyl groups excluding tert-OH is 1. The Balaban J connectivity index is 1.52. The molecule has 1 fully saturated rings. The summed E-state index contributed by atoms with van der Waals surface area (Å²) >= 11 is 0. The van der Waals surface area contributed by atoms with Gasteiger partial charge in [0.1, 0.15) is 12.4 Å². The van der Waals surface area contributed by atoms with Crippen molar-refractivity contribution < 1.29 is 32.3 Å². The van der Waals surface area contributed by atoms with Gasteiger partial charge in [-0.25, -0.2) is 4.39 Å². The summed E-state index contributed by atoms with van der Waals surface area (Å²) in [6, 6.07) is 8.01. The number of carbonyl (C=O) groups is 2. The Morgan fingerprint density at radius 1 is 1.10 bits per heavy atom. The third-order valence-corrected chi connectivity index (χ3v) is 6.39. The molecular weight excluding hydrogens is 414 g/mol. The van der Waals surface area contributed by atoms with Crippen molar-refractivity contribution in [2.24, 2.45) is 5.41 Å². The molecule has 2 aromatic rings. The van der Waals surface area contributed by atoms with Gasteiger partial charge in [0, 0.05) is 18.7 Å². The van der Waals surface area contributed by atoms with E-state index in [4.69, 9.17) is 5.11 Å². The van der Waals surface area contributed by atoms with E-state index in [0.717, 1.165) is 17.2 Å². The molecule has 4 nitrogen and oxygen atoms in total. The molecular formula is C23H21F4NO3. The fraction of sp³-hybridized carbons (Fsp3) is 0.391. The lowest BCUT2D eigenvalue weighted by Crippen LogP contribution is -2.38. The van der Waals surface area contributed by atoms with Gasteiger partial charge in [0.25, 0.3) is 0 Å². The Morgan fingerprint density at radius 3 is 2.55 bits per heavy atom. The molecule has 1 atom stereocenters. The summed E-state index contributed by atoms with van der Waals surface area (Å²) in [4.78, 5) is 26.6. The number of aliphatic hydroxyl groups is 1. The van der Waals surface area contributed by atoms with E-state index < -0.39 is 29.6 Å². The number of alkyl halides is 3. The molecule has 0 radical (unpaired) electrons. The predicted molar refractivity (Wildman–Crippen MR) is 104 cm³/mol. The molecule has 2 aromatic carbocycles. The van der Waals surface area contributed by atoms with Crippen LogP contribution in [0.1, 0.15) is 45.5 Å². The molecule has 0 unspecified atom stereocenters. The molecule has 0 bridgehead atoms. The molecule has 1 aliphatic carbocycles. The van der Waals surface area contributed by atoms with Crippen LogP contribution in [0.2, 0.25) is 0 Å². The summed E-state index contributed by atoms with van der Waals surface area (Å²) in [6.45, 7) is -0.0993. The van der Waals surface area contributed by atoms with E-state index in [0.29, 0.717) is 49.4 Å². The second-order valence-electron chi connectivity index (χ2n) is 8.31. The SMILES string of the molecule is O=C(CO)c1ccc2c(c1)C[C@@]1(CC2)CCN(Cc2ccc(C(F)(F)F)c(F)c2)C1=O. The predicted octanol–water partition coefficient (Wildman–Crippen LogP) is 3.93. The van der Waals surface area contributed by atoms with E-state index in [1.807, 2.05) is 6.07 Å². The lowest BCUT2D eigenvalue weighted by molar-refractivity contribution is -0.140. The number of hydrogen-bond donors (Lipinski definition) is 1. The van der Waals surface area contributed by atoms with Crippen LogP contribution in [-0.2, 0) is 30.4 Å². The van der Waals surface area contributed by atoms with Crippen molar-refractivity contribution in [2.45, 2.75) is 38.4 Å². The molecule has 2 aliphatic rings. The Labute approximate surface area is 176 Å². The number of Topliss-reactive ketones (excluding diaryl/α,β-unsaturated/α-hetero) is 1. The fourth-order valence-corrected chi connectivity index (χ4v) is 4.67. The van der Waals surface area contributed by atoms with Crippen LogP contribution in [0.3, 0.4) is 0 Å². The number of carbonyl (C=O) groups excluding carboxylic acids is 2. The molecule has 31 heavy (non-hydrogen) atoms. The smallest absolute Gasteiger partial charge is 0.388 e. The Morgan fingerprint density at radius 2 is 1.87 bits per heavy atom. The number of rotatable bonds is 4. The number of ketones is 1. The van der Waals surface area contributed by atoms with Crippen LogP contribution in [-0.4, -0.2) is 34.8 Å². The van der Waals surface area contributed by atoms with Gasteiger partial charge in [-0.2, -0.15) is 13.2 Å². The van der Waals surface area contributed by atoms with Gasteiger partial charge >= 0.3 is 6.18 Å². The van der Waals surface area contributed by atoms with Crippen LogP contribution in [0.25, 0.3) is 0 Å². The molecule has 0 aromatic heterocycles. The zero-order chi connectivity index (χ0) is 22.4. The van der Waals surface area contributed by atoms with E-state index in [2.05, 4.69) is 0 Å². The fourth-order valence-electron chi connectivity index (χ4n) is 4.67. The van der Waals surface area contributed by atoms with Crippen molar-refractivity contribution in [1.82, 2.24) is 4.90 Å². The summed E-state index contributed by atoms with van der Waals surface area (Å²) in [5.41, 5.74) is 0.733. The number of aryl methyl sites for hydroxylation is 1. The third kappa shape index (κ3) is 3.96. The molecule has 1 aliphatic heterocycles. The summed E-state index contributed by atoms with van der Waals surface area (Å²) in [6.07, 6.45) is -2.39. The summed E-state index contributed by atoms with van der Waals surface area (Å²) in [7, 11) is 0. The van der Waals surface area contributed by atoms with E-state index in [1.165, 1.54) is 6.07 Å².